The van der Waals surface area contributed by atoms with E-state index >= 15 is 0 Å². The summed E-state index contributed by atoms with van der Waals surface area (Å²) in [6.45, 7) is 2.73. The van der Waals surface area contributed by atoms with Gasteiger partial charge in [-0.15, -0.1) is 0 Å². The number of hydrogen-bond acceptors (Lipinski definition) is 4. The van der Waals surface area contributed by atoms with Gasteiger partial charge in [-0.1, -0.05) is 0 Å². The molecule has 0 saturated carbocycles. The number of aliphatic hydroxyl groups is 1. The van der Waals surface area contributed by atoms with Crippen LogP contribution in [0.25, 0.3) is 5.69 Å². The van der Waals surface area contributed by atoms with Gasteiger partial charge in [-0.3, -0.25) is 14.8 Å². The van der Waals surface area contributed by atoms with E-state index in [-0.39, 0.29) is 0 Å². The van der Waals surface area contributed by atoms with Gasteiger partial charge >= 0.3 is 0 Å². The molecule has 23 heavy (non-hydrogen) atoms. The molecule has 2 rings (SSSR count). The van der Waals surface area contributed by atoms with Gasteiger partial charge in [0.25, 0.3) is 11.8 Å². The molecule has 0 spiro atoms. The number of carbonyl (C=O) groups is 2. The molecule has 0 bridgehead atoms. The average Bonchev–Trinajstić information content (AvgIpc) is 3.05. The monoisotopic (exact) mass is 317 g/mol. The van der Waals surface area contributed by atoms with Crippen LogP contribution in [0.5, 0.6) is 0 Å². The first-order valence-electron chi connectivity index (χ1n) is 7.03. The van der Waals surface area contributed by atoms with Crippen LogP contribution in [-0.2, 0) is 4.79 Å². The van der Waals surface area contributed by atoms with E-state index in [1.54, 1.807) is 24.3 Å². The lowest BCUT2D eigenvalue weighted by molar-refractivity contribution is -0.136. The number of hydroxylamine groups is 1. The van der Waals surface area contributed by atoms with E-state index in [2.05, 4.69) is 5.32 Å². The Bertz CT molecular complexity index is 672. The van der Waals surface area contributed by atoms with Gasteiger partial charge in [0.05, 0.1) is 5.60 Å². The molecular weight excluding hydrogens is 298 g/mol. The predicted octanol–water partition coefficient (Wildman–Crippen LogP) is 0.852. The number of hydrogen-bond donors (Lipinski definition) is 4. The SMILES string of the molecule is CC(C)(O)[C@H](NC(=O)c1ccc(-n2cccc2)cc1)C(=O)NO. The van der Waals surface area contributed by atoms with E-state index in [0.717, 1.165) is 5.69 Å². The van der Waals surface area contributed by atoms with Crippen LogP contribution < -0.4 is 10.8 Å². The lowest BCUT2D eigenvalue weighted by Crippen LogP contribution is -2.57. The standard InChI is InChI=1S/C16H19N3O4/c1-16(2,22)13(15(21)18-23)17-14(20)11-5-7-12(8-6-11)19-9-3-4-10-19/h3-10,13,22-23H,1-2H3,(H,17,20)(H,18,21)/t13-/m1/s1. The van der Waals surface area contributed by atoms with Crippen molar-refractivity contribution in [1.82, 2.24) is 15.4 Å². The van der Waals surface area contributed by atoms with Crippen LogP contribution in [0.15, 0.2) is 48.8 Å². The maximum atomic E-state index is 12.2. The number of nitrogens with zero attached hydrogens (tertiary/aromatic N) is 1. The first-order chi connectivity index (χ1) is 10.8. The Kier molecular flexibility index (Phi) is 4.83. The summed E-state index contributed by atoms with van der Waals surface area (Å²) in [4.78, 5) is 23.8. The highest BCUT2D eigenvalue weighted by Gasteiger charge is 2.34. The third kappa shape index (κ3) is 3.97. The molecule has 2 amide bonds. The second-order valence-electron chi connectivity index (χ2n) is 5.67. The first-order valence-corrected chi connectivity index (χ1v) is 7.03. The Hall–Kier alpha value is -2.64. The summed E-state index contributed by atoms with van der Waals surface area (Å²) < 4.78 is 1.89. The van der Waals surface area contributed by atoms with Crippen LogP contribution in [0.1, 0.15) is 24.2 Å². The van der Waals surface area contributed by atoms with E-state index < -0.39 is 23.5 Å². The van der Waals surface area contributed by atoms with E-state index in [4.69, 9.17) is 5.21 Å². The molecule has 0 aliphatic carbocycles. The maximum absolute atomic E-state index is 12.2. The van der Waals surface area contributed by atoms with E-state index in [0.29, 0.717) is 5.56 Å². The summed E-state index contributed by atoms with van der Waals surface area (Å²) in [6, 6.07) is 9.25. The zero-order chi connectivity index (χ0) is 17.0. The van der Waals surface area contributed by atoms with Crippen molar-refractivity contribution in [2.24, 2.45) is 0 Å². The molecule has 4 N–H and O–H groups in total. The fourth-order valence-corrected chi connectivity index (χ4v) is 2.13. The van der Waals surface area contributed by atoms with Gasteiger partial charge in [-0.2, -0.15) is 0 Å². The molecule has 1 aromatic carbocycles. The third-order valence-corrected chi connectivity index (χ3v) is 3.39. The minimum absolute atomic E-state index is 0.334. The summed E-state index contributed by atoms with van der Waals surface area (Å²) in [5.41, 5.74) is 1.13. The molecular formula is C16H19N3O4. The van der Waals surface area contributed by atoms with Gasteiger partial charge in [0.15, 0.2) is 0 Å². The Labute approximate surface area is 133 Å². The van der Waals surface area contributed by atoms with E-state index in [9.17, 15) is 14.7 Å². The normalized spacial score (nSPS) is 12.5. The smallest absolute Gasteiger partial charge is 0.268 e. The highest BCUT2D eigenvalue weighted by atomic mass is 16.5. The molecule has 122 valence electrons. The van der Waals surface area contributed by atoms with Crippen LogP contribution in [0.2, 0.25) is 0 Å². The Morgan fingerprint density at radius 1 is 1.13 bits per heavy atom. The molecule has 1 atom stereocenters. The van der Waals surface area contributed by atoms with Crippen LogP contribution in [0.4, 0.5) is 0 Å². The number of benzene rings is 1. The second-order valence-corrected chi connectivity index (χ2v) is 5.67. The largest absolute Gasteiger partial charge is 0.388 e. The zero-order valence-corrected chi connectivity index (χ0v) is 12.9. The summed E-state index contributed by atoms with van der Waals surface area (Å²) in [5, 5.41) is 21.1. The molecule has 0 unspecified atom stereocenters. The number of nitrogens with one attached hydrogen (secondary N) is 2. The Morgan fingerprint density at radius 2 is 1.70 bits per heavy atom. The Morgan fingerprint density at radius 3 is 2.17 bits per heavy atom. The molecule has 1 aromatic heterocycles. The van der Waals surface area contributed by atoms with Gasteiger partial charge < -0.3 is 15.0 Å². The Balaban J connectivity index is 2.15. The number of carbonyl (C=O) groups excluding carboxylic acids is 2. The molecule has 0 aliphatic heterocycles. The predicted molar refractivity (Wildman–Crippen MR) is 83.3 cm³/mol. The molecule has 0 fully saturated rings. The summed E-state index contributed by atoms with van der Waals surface area (Å²) >= 11 is 0. The summed E-state index contributed by atoms with van der Waals surface area (Å²) in [7, 11) is 0. The quantitative estimate of drug-likeness (QED) is 0.485. The van der Waals surface area contributed by atoms with Gasteiger partial charge in [-0.25, -0.2) is 5.48 Å². The lowest BCUT2D eigenvalue weighted by atomic mass is 9.98. The van der Waals surface area contributed by atoms with Crippen LogP contribution in [0, 0.1) is 0 Å². The highest BCUT2D eigenvalue weighted by molar-refractivity contribution is 5.97. The van der Waals surface area contributed by atoms with Gasteiger partial charge in [-0.05, 0) is 50.2 Å². The van der Waals surface area contributed by atoms with Crippen LogP contribution in [-0.4, -0.2) is 38.3 Å². The van der Waals surface area contributed by atoms with Crippen molar-refractivity contribution < 1.29 is 19.9 Å². The number of rotatable bonds is 5. The van der Waals surface area contributed by atoms with E-state index in [1.165, 1.54) is 19.3 Å². The van der Waals surface area contributed by atoms with Crippen molar-refractivity contribution in [3.05, 3.63) is 54.4 Å². The van der Waals surface area contributed by atoms with Crippen molar-refractivity contribution in [2.75, 3.05) is 0 Å². The van der Waals surface area contributed by atoms with Crippen molar-refractivity contribution in [1.29, 1.82) is 0 Å². The maximum Gasteiger partial charge on any atom is 0.268 e. The van der Waals surface area contributed by atoms with E-state index in [1.807, 2.05) is 29.1 Å². The fourth-order valence-electron chi connectivity index (χ4n) is 2.13. The fraction of sp³-hybridized carbons (Fsp3) is 0.250. The molecule has 7 nitrogen and oxygen atoms in total. The van der Waals surface area contributed by atoms with Crippen LogP contribution >= 0.6 is 0 Å². The molecule has 0 aliphatic rings. The lowest BCUT2D eigenvalue weighted by Gasteiger charge is -2.28. The summed E-state index contributed by atoms with van der Waals surface area (Å²) in [6.07, 6.45) is 3.76. The molecule has 0 saturated heterocycles. The van der Waals surface area contributed by atoms with Gasteiger partial charge in [0.2, 0.25) is 0 Å². The third-order valence-electron chi connectivity index (χ3n) is 3.39. The minimum atomic E-state index is -1.53. The summed E-state index contributed by atoms with van der Waals surface area (Å²) in [5.74, 6) is -1.42. The number of aromatic nitrogens is 1. The zero-order valence-electron chi connectivity index (χ0n) is 12.9. The van der Waals surface area contributed by atoms with Gasteiger partial charge in [0, 0.05) is 23.6 Å². The number of amides is 2. The minimum Gasteiger partial charge on any atom is -0.388 e. The van der Waals surface area contributed by atoms with Crippen LogP contribution in [0.3, 0.4) is 0 Å². The molecule has 7 heteroatoms. The van der Waals surface area contributed by atoms with Crippen molar-refractivity contribution in [3.8, 4) is 5.69 Å². The molecule has 0 radical (unpaired) electrons. The first kappa shape index (κ1) is 16.7. The average molecular weight is 317 g/mol. The van der Waals surface area contributed by atoms with Crippen molar-refractivity contribution in [3.63, 3.8) is 0 Å². The van der Waals surface area contributed by atoms with Crippen molar-refractivity contribution in [2.45, 2.75) is 25.5 Å². The topological polar surface area (TPSA) is 104 Å². The van der Waals surface area contributed by atoms with Crippen molar-refractivity contribution >= 4 is 11.8 Å². The highest BCUT2D eigenvalue weighted by Crippen LogP contribution is 2.13. The molecule has 2 aromatic rings. The molecule has 1 heterocycles. The van der Waals surface area contributed by atoms with Gasteiger partial charge in [0.1, 0.15) is 6.04 Å². The second kappa shape index (κ2) is 6.64.